The van der Waals surface area contributed by atoms with Crippen LogP contribution in [-0.4, -0.2) is 59.1 Å². The summed E-state index contributed by atoms with van der Waals surface area (Å²) >= 11 is 0. The minimum atomic E-state index is 0.0189. The average Bonchev–Trinajstić information content (AvgIpc) is 3.20. The molecule has 0 N–H and O–H groups in total. The van der Waals surface area contributed by atoms with Crippen LogP contribution < -0.4 is 9.47 Å². The molecule has 4 rings (SSSR count). The van der Waals surface area contributed by atoms with Crippen LogP contribution >= 0.6 is 0 Å². The Kier molecular flexibility index (Phi) is 7.45. The summed E-state index contributed by atoms with van der Waals surface area (Å²) in [6, 6.07) is 12.3. The summed E-state index contributed by atoms with van der Waals surface area (Å²) in [6.07, 6.45) is 2.79. The SMILES string of the molecule is CCN(CC)C(=O)c1ccc(C2c3cc(OC)c(OC)cc3CCN2Cc2c(C)ncn2C)cc1. The lowest BCUT2D eigenvalue weighted by Crippen LogP contribution is -2.36. The summed E-state index contributed by atoms with van der Waals surface area (Å²) in [6.45, 7) is 9.16. The van der Waals surface area contributed by atoms with E-state index in [2.05, 4.69) is 45.6 Å². The van der Waals surface area contributed by atoms with Crippen molar-refractivity contribution in [2.24, 2.45) is 7.05 Å². The molecule has 0 spiro atoms. The van der Waals surface area contributed by atoms with E-state index in [1.54, 1.807) is 14.2 Å². The number of methoxy groups -OCH3 is 2. The lowest BCUT2D eigenvalue weighted by molar-refractivity contribution is 0.0773. The number of carbonyl (C=O) groups is 1. The molecule has 1 unspecified atom stereocenters. The Bertz CT molecular complexity index is 1160. The van der Waals surface area contributed by atoms with Crippen LogP contribution in [0.2, 0.25) is 0 Å². The van der Waals surface area contributed by atoms with Crippen LogP contribution in [0.1, 0.15) is 58.3 Å². The zero-order chi connectivity index (χ0) is 25.1. The highest BCUT2D eigenvalue weighted by Crippen LogP contribution is 2.41. The van der Waals surface area contributed by atoms with Crippen LogP contribution in [0.15, 0.2) is 42.7 Å². The molecule has 2 heterocycles. The van der Waals surface area contributed by atoms with Gasteiger partial charge in [0.2, 0.25) is 0 Å². The topological polar surface area (TPSA) is 59.8 Å². The molecule has 0 bridgehead atoms. The standard InChI is InChI=1S/C28H36N4O3/c1-7-31(8-2)28(33)21-11-9-20(10-12-21)27-23-16-26(35-6)25(34-5)15-22(23)13-14-32(27)17-24-19(3)29-18-30(24)4/h9-12,15-16,18,27H,7-8,13-14,17H2,1-6H3. The van der Waals surface area contributed by atoms with E-state index >= 15 is 0 Å². The summed E-state index contributed by atoms with van der Waals surface area (Å²) in [7, 11) is 5.39. The summed E-state index contributed by atoms with van der Waals surface area (Å²) in [5.41, 5.74) is 6.58. The molecule has 186 valence electrons. The fraction of sp³-hybridized carbons (Fsp3) is 0.429. The Morgan fingerprint density at radius 3 is 2.31 bits per heavy atom. The van der Waals surface area contributed by atoms with Gasteiger partial charge in [0.25, 0.3) is 5.91 Å². The first-order valence-electron chi connectivity index (χ1n) is 12.3. The van der Waals surface area contributed by atoms with Gasteiger partial charge in [-0.2, -0.15) is 0 Å². The third-order valence-electron chi connectivity index (χ3n) is 7.12. The highest BCUT2D eigenvalue weighted by Gasteiger charge is 2.31. The van der Waals surface area contributed by atoms with Crippen molar-refractivity contribution in [1.29, 1.82) is 0 Å². The van der Waals surface area contributed by atoms with E-state index in [1.807, 2.05) is 44.3 Å². The van der Waals surface area contributed by atoms with Crippen molar-refractivity contribution in [2.75, 3.05) is 33.9 Å². The van der Waals surface area contributed by atoms with Crippen LogP contribution in [0, 0.1) is 6.92 Å². The number of hydrogen-bond acceptors (Lipinski definition) is 5. The molecule has 1 aromatic heterocycles. The Morgan fingerprint density at radius 1 is 1.09 bits per heavy atom. The predicted molar refractivity (Wildman–Crippen MR) is 137 cm³/mol. The molecular formula is C28H36N4O3. The van der Waals surface area contributed by atoms with Crippen molar-refractivity contribution >= 4 is 5.91 Å². The molecule has 1 aliphatic heterocycles. The van der Waals surface area contributed by atoms with Crippen molar-refractivity contribution in [3.8, 4) is 11.5 Å². The number of fused-ring (bicyclic) bond motifs is 1. The maximum absolute atomic E-state index is 12.9. The van der Waals surface area contributed by atoms with Gasteiger partial charge in [-0.05, 0) is 68.1 Å². The number of nitrogens with zero attached hydrogens (tertiary/aromatic N) is 4. The quantitative estimate of drug-likeness (QED) is 0.483. The second-order valence-corrected chi connectivity index (χ2v) is 9.02. The first-order valence-corrected chi connectivity index (χ1v) is 12.3. The molecule has 0 saturated carbocycles. The fourth-order valence-corrected chi connectivity index (χ4v) is 5.05. The van der Waals surface area contributed by atoms with E-state index in [1.165, 1.54) is 16.8 Å². The van der Waals surface area contributed by atoms with Gasteiger partial charge in [-0.25, -0.2) is 4.98 Å². The molecule has 7 heteroatoms. The second kappa shape index (κ2) is 10.5. The Hall–Kier alpha value is -3.32. The van der Waals surface area contributed by atoms with E-state index in [9.17, 15) is 4.79 Å². The number of carbonyl (C=O) groups excluding carboxylic acids is 1. The van der Waals surface area contributed by atoms with E-state index in [0.29, 0.717) is 13.1 Å². The lowest BCUT2D eigenvalue weighted by Gasteiger charge is -2.38. The maximum atomic E-state index is 12.9. The number of ether oxygens (including phenoxy) is 2. The first-order chi connectivity index (χ1) is 16.9. The molecule has 3 aromatic rings. The van der Waals surface area contributed by atoms with Crippen molar-refractivity contribution in [3.05, 3.63) is 76.4 Å². The third kappa shape index (κ3) is 4.78. The molecule has 2 aromatic carbocycles. The zero-order valence-corrected chi connectivity index (χ0v) is 21.7. The Labute approximate surface area is 208 Å². The van der Waals surface area contributed by atoms with Gasteiger partial charge in [0.15, 0.2) is 11.5 Å². The van der Waals surface area contributed by atoms with Crippen LogP contribution in [-0.2, 0) is 20.0 Å². The summed E-state index contributed by atoms with van der Waals surface area (Å²) in [4.78, 5) is 21.7. The monoisotopic (exact) mass is 476 g/mol. The third-order valence-corrected chi connectivity index (χ3v) is 7.12. The molecule has 0 saturated heterocycles. The van der Waals surface area contributed by atoms with E-state index in [0.717, 1.165) is 47.8 Å². The normalized spacial score (nSPS) is 15.5. The Balaban J connectivity index is 1.77. The van der Waals surface area contributed by atoms with Gasteiger partial charge in [0, 0.05) is 38.8 Å². The van der Waals surface area contributed by atoms with Gasteiger partial charge < -0.3 is 18.9 Å². The van der Waals surface area contributed by atoms with Crippen molar-refractivity contribution in [3.63, 3.8) is 0 Å². The van der Waals surface area contributed by atoms with Crippen LogP contribution in [0.25, 0.3) is 0 Å². The molecule has 7 nitrogen and oxygen atoms in total. The maximum Gasteiger partial charge on any atom is 0.253 e. The van der Waals surface area contributed by atoms with Gasteiger partial charge >= 0.3 is 0 Å². The smallest absolute Gasteiger partial charge is 0.253 e. The number of rotatable bonds is 8. The van der Waals surface area contributed by atoms with E-state index < -0.39 is 0 Å². The first kappa shape index (κ1) is 24.8. The molecule has 0 fully saturated rings. The minimum Gasteiger partial charge on any atom is -0.493 e. The molecule has 1 amide bonds. The molecule has 0 aliphatic carbocycles. The molecule has 1 aliphatic rings. The molecule has 35 heavy (non-hydrogen) atoms. The molecule has 0 radical (unpaired) electrons. The van der Waals surface area contributed by atoms with Gasteiger partial charge in [-0.3, -0.25) is 9.69 Å². The summed E-state index contributed by atoms with van der Waals surface area (Å²) in [5, 5.41) is 0. The van der Waals surface area contributed by atoms with E-state index in [4.69, 9.17) is 9.47 Å². The number of benzene rings is 2. The summed E-state index contributed by atoms with van der Waals surface area (Å²) in [5.74, 6) is 1.55. The summed E-state index contributed by atoms with van der Waals surface area (Å²) < 4.78 is 13.3. The minimum absolute atomic E-state index is 0.0189. The number of imidazole rings is 1. The van der Waals surface area contributed by atoms with Gasteiger partial charge in [0.05, 0.1) is 38.0 Å². The average molecular weight is 477 g/mol. The van der Waals surface area contributed by atoms with Crippen molar-refractivity contribution in [2.45, 2.75) is 39.8 Å². The highest BCUT2D eigenvalue weighted by atomic mass is 16.5. The Morgan fingerprint density at radius 2 is 1.74 bits per heavy atom. The second-order valence-electron chi connectivity index (χ2n) is 9.02. The largest absolute Gasteiger partial charge is 0.493 e. The van der Waals surface area contributed by atoms with Crippen molar-refractivity contribution in [1.82, 2.24) is 19.4 Å². The van der Waals surface area contributed by atoms with Crippen LogP contribution in [0.4, 0.5) is 0 Å². The van der Waals surface area contributed by atoms with Gasteiger partial charge in [0.1, 0.15) is 0 Å². The zero-order valence-electron chi connectivity index (χ0n) is 21.7. The number of aryl methyl sites for hydroxylation is 2. The van der Waals surface area contributed by atoms with E-state index in [-0.39, 0.29) is 11.9 Å². The van der Waals surface area contributed by atoms with Gasteiger partial charge in [-0.1, -0.05) is 12.1 Å². The number of aromatic nitrogens is 2. The lowest BCUT2D eigenvalue weighted by atomic mass is 9.87. The van der Waals surface area contributed by atoms with Crippen molar-refractivity contribution < 1.29 is 14.3 Å². The van der Waals surface area contributed by atoms with Crippen LogP contribution in [0.3, 0.4) is 0 Å². The molecular weight excluding hydrogens is 440 g/mol. The fourth-order valence-electron chi connectivity index (χ4n) is 5.05. The highest BCUT2D eigenvalue weighted by molar-refractivity contribution is 5.94. The van der Waals surface area contributed by atoms with Crippen LogP contribution in [0.5, 0.6) is 11.5 Å². The number of hydrogen-bond donors (Lipinski definition) is 0. The predicted octanol–water partition coefficient (Wildman–Crippen LogP) is 4.38. The van der Waals surface area contributed by atoms with Gasteiger partial charge in [-0.15, -0.1) is 0 Å². The molecule has 1 atom stereocenters. The number of amides is 1.